The number of rotatable bonds is 9. The van der Waals surface area contributed by atoms with Crippen LogP contribution in [0.15, 0.2) is 66.3 Å². The number of benzene rings is 1. The van der Waals surface area contributed by atoms with Crippen LogP contribution < -0.4 is 10.1 Å². The van der Waals surface area contributed by atoms with E-state index in [0.29, 0.717) is 13.2 Å². The van der Waals surface area contributed by atoms with E-state index >= 15 is 0 Å². The first-order valence-electron chi connectivity index (χ1n) is 8.87. The lowest BCUT2D eigenvalue weighted by atomic mass is 10.2. The highest BCUT2D eigenvalue weighted by Crippen LogP contribution is 2.14. The lowest BCUT2D eigenvalue weighted by Gasteiger charge is -2.22. The molecule has 0 aliphatic carbocycles. The van der Waals surface area contributed by atoms with Crippen LogP contribution in [0.5, 0.6) is 5.75 Å². The molecule has 1 heterocycles. The van der Waals surface area contributed by atoms with E-state index in [1.54, 1.807) is 13.2 Å². The molecule has 5 nitrogen and oxygen atoms in total. The average molecular weight is 480 g/mol. The number of allylic oxidation sites excluding steroid dienone is 1. The molecular weight excluding hydrogens is 451 g/mol. The number of guanidine groups is 1. The number of nitrogens with one attached hydrogen (secondary N) is 1. The maximum atomic E-state index is 5.84. The van der Waals surface area contributed by atoms with Gasteiger partial charge in [0, 0.05) is 33.4 Å². The second-order valence-corrected chi connectivity index (χ2v) is 6.01. The number of ether oxygens (including phenoxy) is 1. The smallest absolute Gasteiger partial charge is 0.193 e. The first-order valence-corrected chi connectivity index (χ1v) is 8.87. The van der Waals surface area contributed by atoms with Gasteiger partial charge in [-0.15, -0.1) is 30.6 Å². The predicted molar refractivity (Wildman–Crippen MR) is 123 cm³/mol. The van der Waals surface area contributed by atoms with Crippen molar-refractivity contribution < 1.29 is 4.74 Å². The molecule has 0 saturated heterocycles. The quantitative estimate of drug-likeness (QED) is 0.192. The fourth-order valence-electron chi connectivity index (χ4n) is 2.53. The van der Waals surface area contributed by atoms with Gasteiger partial charge in [-0.2, -0.15) is 0 Å². The Morgan fingerprint density at radius 3 is 2.85 bits per heavy atom. The maximum absolute atomic E-state index is 5.84. The molecule has 0 bridgehead atoms. The minimum Gasteiger partial charge on any atom is -0.487 e. The summed E-state index contributed by atoms with van der Waals surface area (Å²) in [5.41, 5.74) is 2.06. The summed E-state index contributed by atoms with van der Waals surface area (Å²) < 4.78 is 5.84. The van der Waals surface area contributed by atoms with E-state index in [9.17, 15) is 0 Å². The van der Waals surface area contributed by atoms with Crippen LogP contribution in [0.25, 0.3) is 0 Å². The number of halogens is 1. The minimum absolute atomic E-state index is 0. The first-order chi connectivity index (χ1) is 12.7. The van der Waals surface area contributed by atoms with Crippen molar-refractivity contribution >= 4 is 29.9 Å². The van der Waals surface area contributed by atoms with Crippen LogP contribution in [-0.2, 0) is 13.2 Å². The Hall–Kier alpha value is -2.09. The van der Waals surface area contributed by atoms with Gasteiger partial charge in [-0.1, -0.05) is 24.3 Å². The maximum Gasteiger partial charge on any atom is 0.193 e. The molecule has 27 heavy (non-hydrogen) atoms. The highest BCUT2D eigenvalue weighted by Gasteiger charge is 2.05. The standard InChI is InChI=1S/C21H28N4O.HI/c1-4-5-8-14-25(3)21(22-2)24-16-18-10-9-12-20(15-18)26-17-19-11-6-7-13-23-19;/h4,6-7,9-13,15H,1,5,8,14,16-17H2,2-3H3,(H,22,24);1H. The van der Waals surface area contributed by atoms with Crippen LogP contribution in [0.4, 0.5) is 0 Å². The van der Waals surface area contributed by atoms with E-state index in [1.165, 1.54) is 0 Å². The zero-order valence-corrected chi connectivity index (χ0v) is 18.4. The molecule has 6 heteroatoms. The Kier molecular flexibility index (Phi) is 11.2. The van der Waals surface area contributed by atoms with Crippen molar-refractivity contribution in [3.05, 3.63) is 72.6 Å². The summed E-state index contributed by atoms with van der Waals surface area (Å²) in [5, 5.41) is 3.40. The molecule has 1 N–H and O–H groups in total. The second-order valence-electron chi connectivity index (χ2n) is 6.01. The molecule has 0 radical (unpaired) electrons. The van der Waals surface area contributed by atoms with Gasteiger partial charge in [0.25, 0.3) is 0 Å². The van der Waals surface area contributed by atoms with Crippen molar-refractivity contribution in [3.8, 4) is 5.75 Å². The number of aliphatic imine (C=N–C) groups is 1. The Morgan fingerprint density at radius 1 is 1.30 bits per heavy atom. The van der Waals surface area contributed by atoms with Gasteiger partial charge < -0.3 is 15.0 Å². The summed E-state index contributed by atoms with van der Waals surface area (Å²) in [6, 6.07) is 13.9. The molecule has 0 aliphatic rings. The number of aromatic nitrogens is 1. The molecule has 0 fully saturated rings. The largest absolute Gasteiger partial charge is 0.487 e. The summed E-state index contributed by atoms with van der Waals surface area (Å²) in [4.78, 5) is 10.7. The monoisotopic (exact) mass is 480 g/mol. The van der Waals surface area contributed by atoms with E-state index in [2.05, 4.69) is 32.8 Å². The number of hydrogen-bond acceptors (Lipinski definition) is 3. The first kappa shape index (κ1) is 23.0. The second kappa shape index (κ2) is 13.1. The van der Waals surface area contributed by atoms with Gasteiger partial charge in [-0.05, 0) is 42.7 Å². The van der Waals surface area contributed by atoms with Crippen LogP contribution in [0.1, 0.15) is 24.1 Å². The highest BCUT2D eigenvalue weighted by molar-refractivity contribution is 14.0. The van der Waals surface area contributed by atoms with E-state index in [1.807, 2.05) is 49.5 Å². The van der Waals surface area contributed by atoms with Gasteiger partial charge in [-0.3, -0.25) is 9.98 Å². The zero-order valence-electron chi connectivity index (χ0n) is 16.1. The molecule has 1 aromatic heterocycles. The van der Waals surface area contributed by atoms with Gasteiger partial charge in [0.1, 0.15) is 12.4 Å². The van der Waals surface area contributed by atoms with Crippen molar-refractivity contribution in [3.63, 3.8) is 0 Å². The van der Waals surface area contributed by atoms with Gasteiger partial charge in [0.15, 0.2) is 5.96 Å². The number of unbranched alkanes of at least 4 members (excludes halogenated alkanes) is 1. The van der Waals surface area contributed by atoms with Crippen LogP contribution in [0.2, 0.25) is 0 Å². The molecule has 0 spiro atoms. The normalized spacial score (nSPS) is 10.7. The molecule has 0 atom stereocenters. The molecule has 0 saturated carbocycles. The molecular formula is C21H29IN4O. The molecule has 2 aromatic rings. The third kappa shape index (κ3) is 8.43. The van der Waals surface area contributed by atoms with Crippen LogP contribution in [-0.4, -0.2) is 36.5 Å². The summed E-state index contributed by atoms with van der Waals surface area (Å²) in [6.07, 6.45) is 5.80. The molecule has 0 amide bonds. The summed E-state index contributed by atoms with van der Waals surface area (Å²) in [7, 11) is 3.85. The Balaban J connectivity index is 0.00000364. The third-order valence-electron chi connectivity index (χ3n) is 3.94. The van der Waals surface area contributed by atoms with Crippen molar-refractivity contribution in [1.82, 2.24) is 15.2 Å². The Bertz CT molecular complexity index is 706. The summed E-state index contributed by atoms with van der Waals surface area (Å²) in [6.45, 7) is 5.86. The van der Waals surface area contributed by atoms with Gasteiger partial charge >= 0.3 is 0 Å². The average Bonchev–Trinajstić information content (AvgIpc) is 2.68. The number of pyridine rings is 1. The van der Waals surface area contributed by atoms with E-state index in [0.717, 1.165) is 42.4 Å². The zero-order chi connectivity index (χ0) is 18.6. The van der Waals surface area contributed by atoms with E-state index < -0.39 is 0 Å². The van der Waals surface area contributed by atoms with Crippen LogP contribution in [0, 0.1) is 0 Å². The lowest BCUT2D eigenvalue weighted by molar-refractivity contribution is 0.301. The molecule has 0 aliphatic heterocycles. The highest BCUT2D eigenvalue weighted by atomic mass is 127. The van der Waals surface area contributed by atoms with Crippen LogP contribution >= 0.6 is 24.0 Å². The number of hydrogen-bond donors (Lipinski definition) is 1. The van der Waals surface area contributed by atoms with E-state index in [4.69, 9.17) is 4.74 Å². The van der Waals surface area contributed by atoms with Crippen molar-refractivity contribution in [2.45, 2.75) is 26.0 Å². The van der Waals surface area contributed by atoms with Gasteiger partial charge in [0.05, 0.1) is 5.69 Å². The topological polar surface area (TPSA) is 49.8 Å². The van der Waals surface area contributed by atoms with Crippen molar-refractivity contribution in [1.29, 1.82) is 0 Å². The van der Waals surface area contributed by atoms with E-state index in [-0.39, 0.29) is 24.0 Å². The molecule has 2 rings (SSSR count). The SMILES string of the molecule is C=CCCCN(C)C(=NC)NCc1cccc(OCc2ccccn2)c1.I. The van der Waals surface area contributed by atoms with Crippen LogP contribution in [0.3, 0.4) is 0 Å². The van der Waals surface area contributed by atoms with Crippen molar-refractivity contribution in [2.24, 2.45) is 4.99 Å². The fraction of sp³-hybridized carbons (Fsp3) is 0.333. The number of nitrogens with zero attached hydrogens (tertiary/aromatic N) is 3. The molecule has 1 aromatic carbocycles. The van der Waals surface area contributed by atoms with Gasteiger partial charge in [-0.25, -0.2) is 0 Å². The Morgan fingerprint density at radius 2 is 2.15 bits per heavy atom. The summed E-state index contributed by atoms with van der Waals surface area (Å²) >= 11 is 0. The van der Waals surface area contributed by atoms with Crippen molar-refractivity contribution in [2.75, 3.05) is 20.6 Å². The lowest BCUT2D eigenvalue weighted by Crippen LogP contribution is -2.38. The summed E-state index contributed by atoms with van der Waals surface area (Å²) in [5.74, 6) is 1.72. The van der Waals surface area contributed by atoms with Gasteiger partial charge in [0.2, 0.25) is 0 Å². The molecule has 0 unspecified atom stereocenters. The predicted octanol–water partition coefficient (Wildman–Crippen LogP) is 4.25. The minimum atomic E-state index is 0. The Labute approximate surface area is 179 Å². The third-order valence-corrected chi connectivity index (χ3v) is 3.94. The molecule has 146 valence electrons. The fourth-order valence-corrected chi connectivity index (χ4v) is 2.53.